The van der Waals surface area contributed by atoms with Gasteiger partial charge in [-0.2, -0.15) is 0 Å². The van der Waals surface area contributed by atoms with Gasteiger partial charge in [0.05, 0.1) is 19.9 Å². The molecule has 1 atom stereocenters. The molecular formula is C24H29N3O4. The van der Waals surface area contributed by atoms with E-state index < -0.39 is 12.1 Å². The molecule has 2 fully saturated rings. The number of benzene rings is 2. The van der Waals surface area contributed by atoms with Gasteiger partial charge in [-0.1, -0.05) is 48.5 Å². The van der Waals surface area contributed by atoms with Crippen molar-refractivity contribution in [1.29, 1.82) is 0 Å². The zero-order chi connectivity index (χ0) is 21.5. The van der Waals surface area contributed by atoms with E-state index in [-0.39, 0.29) is 12.5 Å². The normalized spacial score (nSPS) is 19.2. The third-order valence-electron chi connectivity index (χ3n) is 5.76. The van der Waals surface area contributed by atoms with Crippen molar-refractivity contribution in [3.05, 3.63) is 66.2 Å². The summed E-state index contributed by atoms with van der Waals surface area (Å²) in [5, 5.41) is 0. The third-order valence-corrected chi connectivity index (χ3v) is 5.76. The highest BCUT2D eigenvalue weighted by Gasteiger charge is 2.38. The Labute approximate surface area is 183 Å². The highest BCUT2D eigenvalue weighted by atomic mass is 16.6. The van der Waals surface area contributed by atoms with Crippen LogP contribution in [0.25, 0.3) is 0 Å². The standard InChI is InChI=1S/C24H29N3O4/c28-23(27(21-10-5-2-6-11-21)19-25-14-16-30-17-15-25)22-12-7-13-26(22)24(29)31-18-20-8-3-1-4-9-20/h1-6,8-11,22H,7,12-19H2. The summed E-state index contributed by atoms with van der Waals surface area (Å²) in [5.41, 5.74) is 1.76. The summed E-state index contributed by atoms with van der Waals surface area (Å²) in [4.78, 5) is 32.0. The molecule has 31 heavy (non-hydrogen) atoms. The molecule has 7 heteroatoms. The van der Waals surface area contributed by atoms with Crippen LogP contribution < -0.4 is 4.90 Å². The Kier molecular flexibility index (Phi) is 7.17. The van der Waals surface area contributed by atoms with Crippen molar-refractivity contribution in [1.82, 2.24) is 9.80 Å². The van der Waals surface area contributed by atoms with E-state index >= 15 is 0 Å². The van der Waals surface area contributed by atoms with Gasteiger partial charge in [0.1, 0.15) is 12.6 Å². The van der Waals surface area contributed by atoms with E-state index in [0.717, 1.165) is 30.8 Å². The van der Waals surface area contributed by atoms with Gasteiger partial charge in [-0.3, -0.25) is 19.5 Å². The van der Waals surface area contributed by atoms with Crippen LogP contribution in [0.5, 0.6) is 0 Å². The Morgan fingerprint density at radius 1 is 0.968 bits per heavy atom. The van der Waals surface area contributed by atoms with Crippen LogP contribution >= 0.6 is 0 Å². The van der Waals surface area contributed by atoms with Crippen LogP contribution in [-0.4, -0.2) is 67.4 Å². The molecular weight excluding hydrogens is 394 g/mol. The fourth-order valence-electron chi connectivity index (χ4n) is 4.05. The maximum atomic E-state index is 13.6. The lowest BCUT2D eigenvalue weighted by Gasteiger charge is -2.35. The molecule has 0 aromatic heterocycles. The van der Waals surface area contributed by atoms with Crippen LogP contribution in [-0.2, 0) is 20.9 Å². The first kappa shape index (κ1) is 21.3. The minimum atomic E-state index is -0.510. The van der Waals surface area contributed by atoms with E-state index in [0.29, 0.717) is 32.8 Å². The molecule has 0 aliphatic carbocycles. The van der Waals surface area contributed by atoms with Gasteiger partial charge in [0.15, 0.2) is 0 Å². The van der Waals surface area contributed by atoms with Crippen molar-refractivity contribution in [2.75, 3.05) is 44.4 Å². The second-order valence-electron chi connectivity index (χ2n) is 7.87. The molecule has 2 aliphatic rings. The number of nitrogens with zero attached hydrogens (tertiary/aromatic N) is 3. The van der Waals surface area contributed by atoms with E-state index in [1.807, 2.05) is 60.7 Å². The van der Waals surface area contributed by atoms with Crippen LogP contribution in [0.15, 0.2) is 60.7 Å². The summed E-state index contributed by atoms with van der Waals surface area (Å²) in [6.07, 6.45) is 1.00. The van der Waals surface area contributed by atoms with Gasteiger partial charge in [0, 0.05) is 25.3 Å². The molecule has 0 radical (unpaired) electrons. The van der Waals surface area contributed by atoms with Gasteiger partial charge < -0.3 is 9.47 Å². The fraction of sp³-hybridized carbons (Fsp3) is 0.417. The van der Waals surface area contributed by atoms with E-state index in [9.17, 15) is 9.59 Å². The summed E-state index contributed by atoms with van der Waals surface area (Å²) in [6.45, 7) is 4.11. The van der Waals surface area contributed by atoms with Crippen molar-refractivity contribution in [3.8, 4) is 0 Å². The van der Waals surface area contributed by atoms with Crippen molar-refractivity contribution < 1.29 is 19.1 Å². The van der Waals surface area contributed by atoms with E-state index in [4.69, 9.17) is 9.47 Å². The van der Waals surface area contributed by atoms with Crippen LogP contribution in [0.1, 0.15) is 18.4 Å². The molecule has 0 spiro atoms. The molecule has 1 unspecified atom stereocenters. The zero-order valence-corrected chi connectivity index (χ0v) is 17.7. The number of carbonyl (C=O) groups excluding carboxylic acids is 2. The summed E-state index contributed by atoms with van der Waals surface area (Å²) in [7, 11) is 0. The van der Waals surface area contributed by atoms with E-state index in [1.165, 1.54) is 0 Å². The minimum absolute atomic E-state index is 0.0631. The number of amides is 2. The Morgan fingerprint density at radius 3 is 2.35 bits per heavy atom. The van der Waals surface area contributed by atoms with Gasteiger partial charge in [0.2, 0.25) is 0 Å². The number of para-hydroxylation sites is 1. The smallest absolute Gasteiger partial charge is 0.410 e. The van der Waals surface area contributed by atoms with Crippen molar-refractivity contribution in [3.63, 3.8) is 0 Å². The Morgan fingerprint density at radius 2 is 1.65 bits per heavy atom. The molecule has 2 heterocycles. The maximum Gasteiger partial charge on any atom is 0.410 e. The minimum Gasteiger partial charge on any atom is -0.445 e. The Balaban J connectivity index is 1.46. The van der Waals surface area contributed by atoms with Crippen molar-refractivity contribution >= 4 is 17.7 Å². The molecule has 0 saturated carbocycles. The molecule has 2 aliphatic heterocycles. The average Bonchev–Trinajstić information content (AvgIpc) is 3.33. The topological polar surface area (TPSA) is 62.3 Å². The number of rotatable bonds is 6. The zero-order valence-electron chi connectivity index (χ0n) is 17.7. The largest absolute Gasteiger partial charge is 0.445 e. The van der Waals surface area contributed by atoms with Gasteiger partial charge in [-0.05, 0) is 30.5 Å². The third kappa shape index (κ3) is 5.42. The molecule has 0 bridgehead atoms. The van der Waals surface area contributed by atoms with Crippen LogP contribution in [0, 0.1) is 0 Å². The van der Waals surface area contributed by atoms with Crippen molar-refractivity contribution in [2.45, 2.75) is 25.5 Å². The summed E-state index contributed by atoms with van der Waals surface area (Å²) < 4.78 is 11.0. The monoisotopic (exact) mass is 423 g/mol. The first-order valence-corrected chi connectivity index (χ1v) is 10.9. The van der Waals surface area contributed by atoms with Gasteiger partial charge >= 0.3 is 6.09 Å². The predicted molar refractivity (Wildman–Crippen MR) is 118 cm³/mol. The van der Waals surface area contributed by atoms with Gasteiger partial charge in [0.25, 0.3) is 5.91 Å². The Bertz CT molecular complexity index is 856. The van der Waals surface area contributed by atoms with Crippen LogP contribution in [0.4, 0.5) is 10.5 Å². The molecule has 7 nitrogen and oxygen atoms in total. The number of likely N-dealkylation sites (tertiary alicyclic amines) is 1. The Hall–Kier alpha value is -2.90. The fourth-order valence-corrected chi connectivity index (χ4v) is 4.05. The van der Waals surface area contributed by atoms with E-state index in [2.05, 4.69) is 4.90 Å². The molecule has 2 aromatic carbocycles. The van der Waals surface area contributed by atoms with Crippen molar-refractivity contribution in [2.24, 2.45) is 0 Å². The second kappa shape index (κ2) is 10.4. The predicted octanol–water partition coefficient (Wildman–Crippen LogP) is 3.11. The molecule has 2 aromatic rings. The van der Waals surface area contributed by atoms with Gasteiger partial charge in [-0.15, -0.1) is 0 Å². The highest BCUT2D eigenvalue weighted by molar-refractivity contribution is 5.98. The molecule has 0 N–H and O–H groups in total. The number of hydrogen-bond donors (Lipinski definition) is 0. The van der Waals surface area contributed by atoms with Crippen LogP contribution in [0.2, 0.25) is 0 Å². The second-order valence-corrected chi connectivity index (χ2v) is 7.87. The highest BCUT2D eigenvalue weighted by Crippen LogP contribution is 2.24. The molecule has 2 amide bonds. The lowest BCUT2D eigenvalue weighted by molar-refractivity contribution is -0.123. The first-order chi connectivity index (χ1) is 15.2. The number of hydrogen-bond acceptors (Lipinski definition) is 5. The summed E-state index contributed by atoms with van der Waals surface area (Å²) >= 11 is 0. The maximum absolute atomic E-state index is 13.6. The first-order valence-electron chi connectivity index (χ1n) is 10.9. The summed E-state index contributed by atoms with van der Waals surface area (Å²) in [6, 6.07) is 18.7. The number of ether oxygens (including phenoxy) is 2. The number of carbonyl (C=O) groups is 2. The van der Waals surface area contributed by atoms with E-state index in [1.54, 1.807) is 9.80 Å². The van der Waals surface area contributed by atoms with Gasteiger partial charge in [-0.25, -0.2) is 4.79 Å². The number of anilines is 1. The molecule has 2 saturated heterocycles. The molecule has 4 rings (SSSR count). The lowest BCUT2D eigenvalue weighted by atomic mass is 10.1. The molecule has 164 valence electrons. The average molecular weight is 424 g/mol. The lowest BCUT2D eigenvalue weighted by Crippen LogP contribution is -2.52. The SMILES string of the molecule is O=C(C1CCCN1C(=O)OCc1ccccc1)N(CN1CCOCC1)c1ccccc1. The number of morpholine rings is 1. The quantitative estimate of drug-likeness (QED) is 0.715. The van der Waals surface area contributed by atoms with Crippen LogP contribution in [0.3, 0.4) is 0 Å². The summed E-state index contributed by atoms with van der Waals surface area (Å²) in [5.74, 6) is -0.0631.